The smallest absolute Gasteiger partial charge is 0.248 e. The minimum atomic E-state index is -0.856. The standard InChI is InChI=1S/C65H86ClFN12O9S/c1-45-60(89-44-71-45)47-21-19-46(20-22-47)39-68-63(83)56-36-50(80)41-79(56)64(84)61(65(2,3)4)74-59(82)17-12-9-7-5-6-8-10-15-28-78-40-49(75-76-78)42-87-32-31-85-29-30-86-33-34-88-57-38-54-51(62(70-43-69-54)72-48-23-24-53(67)52(66)35-48)37-55(57)73-58(81)18-16-27-77-25-13-11-14-26-77/h16,18-24,35,37-38,40,43-44,50,56,61,80H,5-15,17,25-34,36,39,41-42H2,1-4H3,(H,68,83)(H,73,81)(H,74,82)(H,69,70,72)/b18-16+/t50-,56+,61-/m1/s1. The Hall–Kier alpha value is -6.99. The number of ether oxygens (including phenoxy) is 4. The highest BCUT2D eigenvalue weighted by Crippen LogP contribution is 2.35. The second kappa shape index (κ2) is 34.8. The summed E-state index contributed by atoms with van der Waals surface area (Å²) in [5, 5.41) is 31.8. The van der Waals surface area contributed by atoms with Crippen molar-refractivity contribution in [3.63, 3.8) is 0 Å². The Morgan fingerprint density at radius 2 is 1.58 bits per heavy atom. The third kappa shape index (κ3) is 21.6. The second-order valence-corrected chi connectivity index (χ2v) is 25.0. The number of piperidine rings is 1. The van der Waals surface area contributed by atoms with E-state index in [0.29, 0.717) is 86.3 Å². The summed E-state index contributed by atoms with van der Waals surface area (Å²) in [7, 11) is 0. The number of likely N-dealkylation sites (tertiary alicyclic amines) is 2. The van der Waals surface area contributed by atoms with E-state index < -0.39 is 29.4 Å². The maximum absolute atomic E-state index is 14.1. The number of thiazole rings is 1. The fourth-order valence-corrected chi connectivity index (χ4v) is 11.7. The molecule has 21 nitrogen and oxygen atoms in total. The number of fused-ring (bicyclic) bond motifs is 1. The number of carbonyl (C=O) groups excluding carboxylic acids is 4. The van der Waals surface area contributed by atoms with E-state index in [1.165, 1.54) is 35.9 Å². The number of aromatic nitrogens is 6. The number of rotatable bonds is 35. The average Bonchev–Trinajstić information content (AvgIpc) is 3.74. The van der Waals surface area contributed by atoms with E-state index in [1.54, 1.807) is 29.5 Å². The van der Waals surface area contributed by atoms with Gasteiger partial charge in [0, 0.05) is 62.2 Å². The van der Waals surface area contributed by atoms with E-state index >= 15 is 0 Å². The molecule has 0 spiro atoms. The first-order chi connectivity index (χ1) is 43.1. The van der Waals surface area contributed by atoms with Gasteiger partial charge in [-0.15, -0.1) is 16.4 Å². The number of anilines is 3. The van der Waals surface area contributed by atoms with Gasteiger partial charge >= 0.3 is 0 Å². The van der Waals surface area contributed by atoms with Crippen LogP contribution in [0.5, 0.6) is 5.75 Å². The van der Waals surface area contributed by atoms with Gasteiger partial charge in [-0.05, 0) is 86.5 Å². The van der Waals surface area contributed by atoms with Crippen LogP contribution in [0, 0.1) is 18.2 Å². The molecule has 6 aromatic rings. The molecule has 89 heavy (non-hydrogen) atoms. The number of benzene rings is 3. The van der Waals surface area contributed by atoms with Crippen molar-refractivity contribution in [2.45, 2.75) is 149 Å². The van der Waals surface area contributed by atoms with Gasteiger partial charge in [0.05, 0.1) is 84.3 Å². The van der Waals surface area contributed by atoms with E-state index in [-0.39, 0.29) is 61.4 Å². The predicted molar refractivity (Wildman–Crippen MR) is 342 cm³/mol. The topological polar surface area (TPSA) is 249 Å². The molecule has 0 radical (unpaired) electrons. The number of amides is 4. The molecule has 0 bridgehead atoms. The lowest BCUT2D eigenvalue weighted by molar-refractivity contribution is -0.144. The van der Waals surface area contributed by atoms with E-state index in [0.717, 1.165) is 105 Å². The fourth-order valence-electron chi connectivity index (χ4n) is 10.7. The fraction of sp³-hybridized carbons (Fsp3) is 0.523. The van der Waals surface area contributed by atoms with E-state index in [1.807, 2.05) is 74.4 Å². The first kappa shape index (κ1) is 67.9. The molecule has 3 aromatic carbocycles. The lowest BCUT2D eigenvalue weighted by atomic mass is 9.85. The summed E-state index contributed by atoms with van der Waals surface area (Å²) < 4.78 is 39.1. The van der Waals surface area contributed by atoms with E-state index in [2.05, 4.69) is 51.4 Å². The quantitative estimate of drug-likeness (QED) is 0.0183. The molecule has 2 aliphatic rings. The van der Waals surface area contributed by atoms with Crippen LogP contribution in [0.25, 0.3) is 21.3 Å². The molecule has 5 N–H and O–H groups in total. The number of halogens is 2. The van der Waals surface area contributed by atoms with Crippen LogP contribution < -0.4 is 26.0 Å². The number of nitrogens with zero attached hydrogens (tertiary/aromatic N) is 8. The molecule has 2 saturated heterocycles. The highest BCUT2D eigenvalue weighted by Gasteiger charge is 2.44. The molecule has 2 fully saturated rings. The van der Waals surface area contributed by atoms with Gasteiger partial charge in [0.15, 0.2) is 0 Å². The lowest BCUT2D eigenvalue weighted by Gasteiger charge is -2.35. The van der Waals surface area contributed by atoms with Crippen molar-refractivity contribution in [1.29, 1.82) is 0 Å². The van der Waals surface area contributed by atoms with Crippen LogP contribution in [0.2, 0.25) is 5.02 Å². The Labute approximate surface area is 529 Å². The number of nitrogens with one attached hydrogen (secondary N) is 4. The summed E-state index contributed by atoms with van der Waals surface area (Å²) in [4.78, 5) is 72.0. The van der Waals surface area contributed by atoms with Gasteiger partial charge in [0.25, 0.3) is 0 Å². The zero-order chi connectivity index (χ0) is 63.0. The Morgan fingerprint density at radius 1 is 0.865 bits per heavy atom. The summed E-state index contributed by atoms with van der Waals surface area (Å²) in [6, 6.07) is 14.0. The first-order valence-corrected chi connectivity index (χ1v) is 32.3. The van der Waals surface area contributed by atoms with Gasteiger partial charge in [-0.3, -0.25) is 28.8 Å². The molecule has 4 amide bonds. The highest BCUT2D eigenvalue weighted by atomic mass is 35.5. The van der Waals surface area contributed by atoms with Gasteiger partial charge in [0.2, 0.25) is 23.6 Å². The first-order valence-electron chi connectivity index (χ1n) is 31.1. The number of carbonyl (C=O) groups is 4. The predicted octanol–water partition coefficient (Wildman–Crippen LogP) is 10.1. The number of aliphatic hydroxyl groups excluding tert-OH is 1. The number of β-amino-alcohol motifs (C(OH)–C–C–N with tert-alkyl or cyclic N) is 1. The molecule has 2 aliphatic heterocycles. The SMILES string of the molecule is Cc1ncsc1-c1ccc(CNC(=O)[C@@H]2C[C@@H](O)CN2C(=O)[C@@H](NC(=O)CCCCCCCCCCn2cc(COCCOCCOCCOc3cc4ncnc(Nc5ccc(F)c(Cl)c5)c4cc3NC(=O)/C=C/CN3CCCCC3)nn2)C(C)(C)C)cc1. The average molecular weight is 1270 g/mol. The Morgan fingerprint density at radius 3 is 2.30 bits per heavy atom. The van der Waals surface area contributed by atoms with Gasteiger partial charge in [-0.2, -0.15) is 0 Å². The largest absolute Gasteiger partial charge is 0.489 e. The minimum Gasteiger partial charge on any atom is -0.489 e. The maximum Gasteiger partial charge on any atom is 0.248 e. The number of hydrogen-bond donors (Lipinski definition) is 5. The number of unbranched alkanes of at least 4 members (excludes halogenated alkanes) is 7. The molecule has 480 valence electrons. The molecule has 8 rings (SSSR count). The molecule has 3 aromatic heterocycles. The third-order valence-electron chi connectivity index (χ3n) is 15.6. The van der Waals surface area contributed by atoms with Crippen LogP contribution in [0.1, 0.15) is 121 Å². The molecule has 3 atom stereocenters. The van der Waals surface area contributed by atoms with E-state index in [9.17, 15) is 28.7 Å². The van der Waals surface area contributed by atoms with Crippen molar-refractivity contribution in [2.75, 3.05) is 76.5 Å². The molecule has 0 unspecified atom stereocenters. The number of aliphatic hydroxyl groups is 1. The summed E-state index contributed by atoms with van der Waals surface area (Å²) in [5.74, 6) is -0.898. The van der Waals surface area contributed by atoms with Crippen LogP contribution >= 0.6 is 22.9 Å². The summed E-state index contributed by atoms with van der Waals surface area (Å²) in [6.07, 6.45) is 17.8. The van der Waals surface area contributed by atoms with Crippen molar-refractivity contribution in [2.24, 2.45) is 5.41 Å². The van der Waals surface area contributed by atoms with Crippen molar-refractivity contribution in [3.05, 3.63) is 113 Å². The van der Waals surface area contributed by atoms with Crippen molar-refractivity contribution >= 4 is 74.7 Å². The van der Waals surface area contributed by atoms with Crippen molar-refractivity contribution in [3.8, 4) is 16.2 Å². The molecule has 5 heterocycles. The second-order valence-electron chi connectivity index (χ2n) is 23.7. The molecule has 24 heteroatoms. The maximum atomic E-state index is 14.1. The van der Waals surface area contributed by atoms with Gasteiger partial charge in [-0.25, -0.2) is 19.3 Å². The van der Waals surface area contributed by atoms with Crippen LogP contribution in [0.15, 0.2) is 84.8 Å². The molecule has 0 aliphatic carbocycles. The van der Waals surface area contributed by atoms with Crippen LogP contribution in [-0.4, -0.2) is 152 Å². The van der Waals surface area contributed by atoms with Crippen LogP contribution in [0.4, 0.5) is 21.6 Å². The van der Waals surface area contributed by atoms with Gasteiger partial charge in [-0.1, -0.05) is 113 Å². The van der Waals surface area contributed by atoms with Crippen LogP contribution in [0.3, 0.4) is 0 Å². The zero-order valence-corrected chi connectivity index (χ0v) is 53.2. The third-order valence-corrected chi connectivity index (χ3v) is 16.8. The van der Waals surface area contributed by atoms with Gasteiger partial charge in [0.1, 0.15) is 48.1 Å². The number of hydrogen-bond acceptors (Lipinski definition) is 17. The minimum absolute atomic E-state index is 0.0273. The van der Waals surface area contributed by atoms with Crippen molar-refractivity contribution in [1.82, 2.24) is 50.4 Å². The summed E-state index contributed by atoms with van der Waals surface area (Å²) in [6.45, 7) is 13.7. The molecular weight excluding hydrogens is 1180 g/mol. The monoisotopic (exact) mass is 1260 g/mol. The lowest BCUT2D eigenvalue weighted by Crippen LogP contribution is -2.57. The Balaban J connectivity index is 0.645. The van der Waals surface area contributed by atoms with Crippen LogP contribution in [-0.2, 0) is 53.1 Å². The Kier molecular flexibility index (Phi) is 26.6. The normalized spacial score (nSPS) is 15.8. The number of aryl methyl sites for hydroxylation is 2. The molecular formula is C65H86ClFN12O9S. The zero-order valence-electron chi connectivity index (χ0n) is 51.7. The molecule has 0 saturated carbocycles. The van der Waals surface area contributed by atoms with Crippen molar-refractivity contribution < 1.29 is 47.6 Å². The summed E-state index contributed by atoms with van der Waals surface area (Å²) >= 11 is 7.62. The van der Waals surface area contributed by atoms with E-state index in [4.69, 9.17) is 30.5 Å². The summed E-state index contributed by atoms with van der Waals surface area (Å²) in [5.41, 5.74) is 6.40. The Bertz CT molecular complexity index is 3260. The van der Waals surface area contributed by atoms with Gasteiger partial charge < -0.3 is 50.2 Å². The highest BCUT2D eigenvalue weighted by molar-refractivity contribution is 7.13.